The lowest BCUT2D eigenvalue weighted by atomic mass is 9.82. The van der Waals surface area contributed by atoms with E-state index in [1.54, 1.807) is 6.07 Å². The monoisotopic (exact) mass is 231 g/mol. The van der Waals surface area contributed by atoms with Gasteiger partial charge in [0.15, 0.2) is 0 Å². The molecule has 0 atom stereocenters. The zero-order valence-electron chi connectivity index (χ0n) is 9.82. The summed E-state index contributed by atoms with van der Waals surface area (Å²) in [6, 6.07) is 3.22. The number of carboxylic acid groups (broad SMARTS) is 1. The number of hydrogen-bond acceptors (Lipinski definition) is 3. The highest BCUT2D eigenvalue weighted by atomic mass is 16.4. The summed E-state index contributed by atoms with van der Waals surface area (Å²) < 4.78 is 0. The minimum absolute atomic E-state index is 0.0490. The van der Waals surface area contributed by atoms with Crippen molar-refractivity contribution in [1.29, 1.82) is 0 Å². The van der Waals surface area contributed by atoms with Crippen molar-refractivity contribution in [3.05, 3.63) is 40.5 Å². The van der Waals surface area contributed by atoms with Crippen LogP contribution in [0.5, 0.6) is 0 Å². The van der Waals surface area contributed by atoms with Crippen LogP contribution in [0, 0.1) is 0 Å². The normalized spacial score (nSPS) is 16.9. The fourth-order valence-corrected chi connectivity index (χ4v) is 2.53. The van der Waals surface area contributed by atoms with Gasteiger partial charge in [0.05, 0.1) is 12.6 Å². The average molecular weight is 231 g/mol. The van der Waals surface area contributed by atoms with Gasteiger partial charge < -0.3 is 15.0 Å². The molecule has 0 radical (unpaired) electrons. The van der Waals surface area contributed by atoms with E-state index in [0.29, 0.717) is 0 Å². The number of aliphatic hydroxyl groups is 1. The van der Waals surface area contributed by atoms with Gasteiger partial charge in [0.25, 0.3) is 0 Å². The zero-order chi connectivity index (χ0) is 12.4. The molecule has 1 aliphatic rings. The van der Waals surface area contributed by atoms with E-state index in [4.69, 9.17) is 0 Å². The van der Waals surface area contributed by atoms with E-state index in [1.165, 1.54) is 6.07 Å². The summed E-state index contributed by atoms with van der Waals surface area (Å²) in [5.74, 6) is -1.15. The number of rotatable bonds is 2. The molecule has 0 fully saturated rings. The molecule has 1 aromatic rings. The van der Waals surface area contributed by atoms with Crippen molar-refractivity contribution in [3.8, 4) is 0 Å². The first-order chi connectivity index (χ1) is 8.19. The largest absolute Gasteiger partial charge is 0.545 e. The van der Waals surface area contributed by atoms with Crippen LogP contribution in [-0.4, -0.2) is 11.1 Å². The second kappa shape index (κ2) is 4.72. The molecular weight excluding hydrogens is 216 g/mol. The third-order valence-corrected chi connectivity index (χ3v) is 3.34. The predicted molar refractivity (Wildman–Crippen MR) is 63.3 cm³/mol. The Balaban J connectivity index is 2.71. The van der Waals surface area contributed by atoms with Gasteiger partial charge in [-0.3, -0.25) is 0 Å². The van der Waals surface area contributed by atoms with Crippen molar-refractivity contribution >= 4 is 11.5 Å². The second-order valence-electron chi connectivity index (χ2n) is 4.24. The van der Waals surface area contributed by atoms with Crippen molar-refractivity contribution in [1.82, 2.24) is 0 Å². The summed E-state index contributed by atoms with van der Waals surface area (Å²) in [5.41, 5.74) is 3.84. The van der Waals surface area contributed by atoms with Gasteiger partial charge >= 0.3 is 0 Å². The first-order valence-corrected chi connectivity index (χ1v) is 5.81. The van der Waals surface area contributed by atoms with Crippen molar-refractivity contribution in [2.75, 3.05) is 0 Å². The number of aromatic carboxylic acids is 1. The van der Waals surface area contributed by atoms with Crippen LogP contribution >= 0.6 is 0 Å². The molecular formula is C14H15O3-. The molecule has 1 aromatic carbocycles. The van der Waals surface area contributed by atoms with E-state index in [-0.39, 0.29) is 12.2 Å². The number of fused-ring (bicyclic) bond motifs is 1. The Kier molecular flexibility index (Phi) is 3.29. The Labute approximate surface area is 100 Å². The van der Waals surface area contributed by atoms with Gasteiger partial charge in [0.2, 0.25) is 0 Å². The van der Waals surface area contributed by atoms with Crippen molar-refractivity contribution < 1.29 is 15.0 Å². The third kappa shape index (κ3) is 1.98. The number of hydrogen-bond donors (Lipinski definition) is 1. The molecule has 3 heteroatoms. The highest BCUT2D eigenvalue weighted by Crippen LogP contribution is 2.35. The maximum Gasteiger partial charge on any atom is 0.0721 e. The molecule has 0 bridgehead atoms. The number of carboxylic acids is 1. The van der Waals surface area contributed by atoms with Gasteiger partial charge in [0, 0.05) is 5.56 Å². The van der Waals surface area contributed by atoms with Gasteiger partial charge in [-0.1, -0.05) is 18.2 Å². The van der Waals surface area contributed by atoms with Crippen molar-refractivity contribution in [2.45, 2.75) is 32.8 Å². The Hall–Kier alpha value is -1.61. The molecule has 1 N–H and O–H groups in total. The van der Waals surface area contributed by atoms with Gasteiger partial charge in [0.1, 0.15) is 0 Å². The summed E-state index contributed by atoms with van der Waals surface area (Å²) in [4.78, 5) is 11.1. The van der Waals surface area contributed by atoms with E-state index in [2.05, 4.69) is 0 Å². The Morgan fingerprint density at radius 3 is 2.82 bits per heavy atom. The molecule has 2 rings (SSSR count). The molecule has 1 aliphatic carbocycles. The topological polar surface area (TPSA) is 60.4 Å². The van der Waals surface area contributed by atoms with Crippen LogP contribution in [0.1, 0.15) is 46.8 Å². The number of allylic oxidation sites excluding steroid dienone is 2. The summed E-state index contributed by atoms with van der Waals surface area (Å²) in [6.07, 6.45) is 4.66. The standard InChI is InChI=1S/C14H16O3/c1-2-9-4-3-5-11-10(8-15)6-7-12(13(9)11)14(16)17/h2,6-7,15H,3-5,8H2,1H3,(H,16,17)/p-1/b9-2+. The maximum atomic E-state index is 11.1. The van der Waals surface area contributed by atoms with Crippen LogP contribution in [0.15, 0.2) is 18.2 Å². The van der Waals surface area contributed by atoms with E-state index in [1.807, 2.05) is 13.0 Å². The quantitative estimate of drug-likeness (QED) is 0.834. The Morgan fingerprint density at radius 2 is 2.24 bits per heavy atom. The Morgan fingerprint density at radius 1 is 1.47 bits per heavy atom. The van der Waals surface area contributed by atoms with E-state index >= 15 is 0 Å². The molecule has 90 valence electrons. The Bertz CT molecular complexity index is 486. The molecule has 17 heavy (non-hydrogen) atoms. The number of benzene rings is 1. The van der Waals surface area contributed by atoms with Crippen molar-refractivity contribution in [3.63, 3.8) is 0 Å². The zero-order valence-corrected chi connectivity index (χ0v) is 9.82. The number of carbonyl (C=O) groups is 1. The van der Waals surface area contributed by atoms with Crippen LogP contribution in [0.2, 0.25) is 0 Å². The summed E-state index contributed by atoms with van der Waals surface area (Å²) in [5, 5.41) is 20.4. The van der Waals surface area contributed by atoms with Crippen molar-refractivity contribution in [2.24, 2.45) is 0 Å². The van der Waals surface area contributed by atoms with Crippen LogP contribution in [0.4, 0.5) is 0 Å². The first kappa shape index (κ1) is 11.9. The third-order valence-electron chi connectivity index (χ3n) is 3.34. The van der Waals surface area contributed by atoms with Crippen LogP contribution in [0.25, 0.3) is 5.57 Å². The maximum absolute atomic E-state index is 11.1. The fourth-order valence-electron chi connectivity index (χ4n) is 2.53. The summed E-state index contributed by atoms with van der Waals surface area (Å²) >= 11 is 0. The second-order valence-corrected chi connectivity index (χ2v) is 4.24. The molecule has 0 heterocycles. The average Bonchev–Trinajstić information content (AvgIpc) is 2.36. The fraction of sp³-hybridized carbons (Fsp3) is 0.357. The van der Waals surface area contributed by atoms with Gasteiger partial charge in [-0.05, 0) is 48.4 Å². The smallest absolute Gasteiger partial charge is 0.0721 e. The van der Waals surface area contributed by atoms with E-state index < -0.39 is 5.97 Å². The molecule has 0 aromatic heterocycles. The summed E-state index contributed by atoms with van der Waals surface area (Å²) in [7, 11) is 0. The van der Waals surface area contributed by atoms with E-state index in [9.17, 15) is 15.0 Å². The van der Waals surface area contributed by atoms with Crippen LogP contribution in [0.3, 0.4) is 0 Å². The lowest BCUT2D eigenvalue weighted by molar-refractivity contribution is -0.255. The first-order valence-electron chi connectivity index (χ1n) is 5.81. The summed E-state index contributed by atoms with van der Waals surface area (Å²) in [6.45, 7) is 1.86. The SMILES string of the molecule is C/C=C1\CCCc2c(CO)ccc(C(=O)[O-])c21. The van der Waals surface area contributed by atoms with Crippen LogP contribution in [-0.2, 0) is 13.0 Å². The molecule has 0 unspecified atom stereocenters. The number of aliphatic hydroxyl groups excluding tert-OH is 1. The molecule has 0 saturated carbocycles. The van der Waals surface area contributed by atoms with Crippen LogP contribution < -0.4 is 5.11 Å². The number of carbonyl (C=O) groups excluding carboxylic acids is 1. The van der Waals surface area contributed by atoms with Gasteiger partial charge in [-0.15, -0.1) is 0 Å². The van der Waals surface area contributed by atoms with Gasteiger partial charge in [-0.25, -0.2) is 0 Å². The molecule has 0 spiro atoms. The predicted octanol–water partition coefficient (Wildman–Crippen LogP) is 1.28. The molecule has 0 aliphatic heterocycles. The minimum atomic E-state index is -1.15. The highest BCUT2D eigenvalue weighted by molar-refractivity contribution is 5.94. The lowest BCUT2D eigenvalue weighted by Gasteiger charge is -2.25. The lowest BCUT2D eigenvalue weighted by Crippen LogP contribution is -2.25. The molecule has 3 nitrogen and oxygen atoms in total. The molecule has 0 amide bonds. The van der Waals surface area contributed by atoms with E-state index in [0.717, 1.165) is 41.5 Å². The highest BCUT2D eigenvalue weighted by Gasteiger charge is 2.20. The minimum Gasteiger partial charge on any atom is -0.545 e. The molecule has 0 saturated heterocycles. The van der Waals surface area contributed by atoms with Gasteiger partial charge in [-0.2, -0.15) is 0 Å².